The molecule has 2 rings (SSSR count). The van der Waals surface area contributed by atoms with Gasteiger partial charge in [0.15, 0.2) is 0 Å². The first kappa shape index (κ1) is 13.8. The van der Waals surface area contributed by atoms with Crippen molar-refractivity contribution in [1.29, 1.82) is 0 Å². The maximum Gasteiger partial charge on any atom is 0.328 e. The van der Waals surface area contributed by atoms with Crippen LogP contribution < -0.4 is 0 Å². The second-order valence-electron chi connectivity index (χ2n) is 4.31. The number of hydrogen-bond acceptors (Lipinski definition) is 4. The van der Waals surface area contributed by atoms with E-state index >= 15 is 0 Å². The molecule has 0 bridgehead atoms. The van der Waals surface area contributed by atoms with E-state index in [1.807, 2.05) is 0 Å². The molecule has 1 aromatic heterocycles. The average molecular weight is 281 g/mol. The van der Waals surface area contributed by atoms with Gasteiger partial charge < -0.3 is 14.7 Å². The Bertz CT molecular complexity index is 502. The van der Waals surface area contributed by atoms with E-state index in [4.69, 9.17) is 9.84 Å². The Labute approximate surface area is 115 Å². The van der Waals surface area contributed by atoms with Gasteiger partial charge in [0.05, 0.1) is 17.5 Å². The van der Waals surface area contributed by atoms with Gasteiger partial charge in [0.25, 0.3) is 5.91 Å². The molecule has 1 aliphatic heterocycles. The van der Waals surface area contributed by atoms with Gasteiger partial charge >= 0.3 is 5.97 Å². The van der Waals surface area contributed by atoms with Crippen LogP contribution in [0.15, 0.2) is 18.2 Å². The monoisotopic (exact) mass is 281 g/mol. The van der Waals surface area contributed by atoms with Crippen molar-refractivity contribution in [2.24, 2.45) is 0 Å². The third-order valence-electron chi connectivity index (χ3n) is 3.00. The van der Waals surface area contributed by atoms with Gasteiger partial charge in [-0.15, -0.1) is 11.3 Å². The normalized spacial score (nSPS) is 18.9. The quantitative estimate of drug-likeness (QED) is 0.853. The molecule has 1 aliphatic rings. The number of aliphatic carboxylic acids is 1. The van der Waals surface area contributed by atoms with Crippen molar-refractivity contribution in [3.63, 3.8) is 0 Å². The molecule has 1 saturated heterocycles. The van der Waals surface area contributed by atoms with Crippen molar-refractivity contribution in [1.82, 2.24) is 4.90 Å². The number of carboxylic acids is 1. The van der Waals surface area contributed by atoms with Crippen molar-refractivity contribution in [3.05, 3.63) is 28.0 Å². The first-order chi connectivity index (χ1) is 9.08. The molecular weight excluding hydrogens is 266 g/mol. The van der Waals surface area contributed by atoms with Gasteiger partial charge in [0, 0.05) is 24.6 Å². The molecule has 1 aromatic rings. The lowest BCUT2D eigenvalue weighted by atomic mass is 10.2. The van der Waals surface area contributed by atoms with Gasteiger partial charge in [-0.05, 0) is 24.6 Å². The summed E-state index contributed by atoms with van der Waals surface area (Å²) in [6.07, 6.45) is 3.41. The van der Waals surface area contributed by atoms with Crippen LogP contribution in [0.5, 0.6) is 0 Å². The van der Waals surface area contributed by atoms with E-state index in [1.165, 1.54) is 17.4 Å². The highest BCUT2D eigenvalue weighted by atomic mass is 32.1. The van der Waals surface area contributed by atoms with Gasteiger partial charge in [0.2, 0.25) is 0 Å². The number of carbonyl (C=O) groups excluding carboxylic acids is 1. The highest BCUT2D eigenvalue weighted by Gasteiger charge is 2.25. The summed E-state index contributed by atoms with van der Waals surface area (Å²) in [6.45, 7) is 1.28. The molecule has 5 nitrogen and oxygen atoms in total. The average Bonchev–Trinajstić information content (AvgIpc) is 3.05. The maximum atomic E-state index is 12.2. The number of amides is 1. The molecule has 0 saturated carbocycles. The summed E-state index contributed by atoms with van der Waals surface area (Å²) in [4.78, 5) is 25.7. The molecule has 0 aromatic carbocycles. The van der Waals surface area contributed by atoms with Gasteiger partial charge in [-0.25, -0.2) is 4.79 Å². The van der Waals surface area contributed by atoms with Crippen LogP contribution in [0.4, 0.5) is 0 Å². The van der Waals surface area contributed by atoms with E-state index in [0.717, 1.165) is 17.4 Å². The van der Waals surface area contributed by atoms with E-state index in [9.17, 15) is 9.59 Å². The van der Waals surface area contributed by atoms with E-state index in [0.29, 0.717) is 18.1 Å². The summed E-state index contributed by atoms with van der Waals surface area (Å²) in [5, 5.41) is 8.55. The second-order valence-corrected chi connectivity index (χ2v) is 5.42. The molecule has 0 spiro atoms. The summed E-state index contributed by atoms with van der Waals surface area (Å²) in [7, 11) is 1.77. The molecule has 1 amide bonds. The lowest BCUT2D eigenvalue weighted by Crippen LogP contribution is -2.36. The van der Waals surface area contributed by atoms with Crippen molar-refractivity contribution < 1.29 is 19.4 Å². The number of carboxylic acid groups (broad SMARTS) is 1. The fourth-order valence-corrected chi connectivity index (χ4v) is 2.77. The topological polar surface area (TPSA) is 66.8 Å². The SMILES string of the molecule is CN(C(=O)c1ccc(/C=C/C(=O)O)s1)C1CCOC1. The van der Waals surface area contributed by atoms with Crippen molar-refractivity contribution >= 4 is 29.3 Å². The van der Waals surface area contributed by atoms with Crippen LogP contribution in [0, 0.1) is 0 Å². The molecule has 1 atom stereocenters. The number of rotatable bonds is 4. The first-order valence-electron chi connectivity index (χ1n) is 5.93. The molecule has 1 fully saturated rings. The predicted octanol–water partition coefficient (Wildman–Crippen LogP) is 1.71. The molecule has 0 aliphatic carbocycles. The Balaban J connectivity index is 2.05. The number of ether oxygens (including phenoxy) is 1. The molecule has 1 N–H and O–H groups in total. The third-order valence-corrected chi connectivity index (χ3v) is 4.04. The van der Waals surface area contributed by atoms with E-state index in [1.54, 1.807) is 24.1 Å². The number of nitrogens with zero attached hydrogens (tertiary/aromatic N) is 1. The Hall–Kier alpha value is -1.66. The maximum absolute atomic E-state index is 12.2. The van der Waals surface area contributed by atoms with Crippen LogP contribution in [-0.2, 0) is 9.53 Å². The number of carbonyl (C=O) groups is 2. The smallest absolute Gasteiger partial charge is 0.328 e. The standard InChI is InChI=1S/C13H15NO4S/c1-14(9-6-7-18-8-9)13(17)11-4-2-10(19-11)3-5-12(15)16/h2-5,9H,6-8H2,1H3,(H,15,16)/b5-3+. The number of likely N-dealkylation sites (N-methyl/N-ethyl adjacent to an activating group) is 1. The van der Waals surface area contributed by atoms with Crippen LogP contribution >= 0.6 is 11.3 Å². The fraction of sp³-hybridized carbons (Fsp3) is 0.385. The minimum atomic E-state index is -0.999. The highest BCUT2D eigenvalue weighted by Crippen LogP contribution is 2.21. The van der Waals surface area contributed by atoms with E-state index < -0.39 is 5.97 Å². The van der Waals surface area contributed by atoms with Crippen LogP contribution in [0.2, 0.25) is 0 Å². The summed E-state index contributed by atoms with van der Waals surface area (Å²) < 4.78 is 5.27. The first-order valence-corrected chi connectivity index (χ1v) is 6.75. The van der Waals surface area contributed by atoms with Crippen molar-refractivity contribution in [2.45, 2.75) is 12.5 Å². The Morgan fingerprint density at radius 3 is 2.95 bits per heavy atom. The van der Waals surface area contributed by atoms with Gasteiger partial charge in [-0.1, -0.05) is 0 Å². The fourth-order valence-electron chi connectivity index (χ4n) is 1.88. The van der Waals surface area contributed by atoms with E-state index in [-0.39, 0.29) is 11.9 Å². The highest BCUT2D eigenvalue weighted by molar-refractivity contribution is 7.14. The van der Waals surface area contributed by atoms with Gasteiger partial charge in [-0.2, -0.15) is 0 Å². The predicted molar refractivity (Wildman–Crippen MR) is 72.3 cm³/mol. The zero-order valence-electron chi connectivity index (χ0n) is 10.5. The van der Waals surface area contributed by atoms with Gasteiger partial charge in [-0.3, -0.25) is 4.79 Å². The lowest BCUT2D eigenvalue weighted by Gasteiger charge is -2.22. The minimum absolute atomic E-state index is 0.0459. The van der Waals surface area contributed by atoms with Crippen LogP contribution in [0.25, 0.3) is 6.08 Å². The molecule has 102 valence electrons. The largest absolute Gasteiger partial charge is 0.478 e. The number of hydrogen-bond donors (Lipinski definition) is 1. The number of thiophene rings is 1. The summed E-state index contributed by atoms with van der Waals surface area (Å²) in [6, 6.07) is 3.60. The molecular formula is C13H15NO4S. The van der Waals surface area contributed by atoms with E-state index in [2.05, 4.69) is 0 Å². The lowest BCUT2D eigenvalue weighted by molar-refractivity contribution is -0.131. The zero-order chi connectivity index (χ0) is 13.8. The minimum Gasteiger partial charge on any atom is -0.478 e. The molecule has 6 heteroatoms. The molecule has 19 heavy (non-hydrogen) atoms. The van der Waals surface area contributed by atoms with Crippen LogP contribution in [0.3, 0.4) is 0 Å². The second kappa shape index (κ2) is 5.99. The summed E-state index contributed by atoms with van der Waals surface area (Å²) in [5.74, 6) is -1.04. The van der Waals surface area contributed by atoms with Gasteiger partial charge in [0.1, 0.15) is 0 Å². The van der Waals surface area contributed by atoms with Crippen LogP contribution in [0.1, 0.15) is 21.0 Å². The molecule has 0 radical (unpaired) electrons. The Morgan fingerprint density at radius 2 is 2.32 bits per heavy atom. The Kier molecular flexibility index (Phi) is 4.34. The Morgan fingerprint density at radius 1 is 1.53 bits per heavy atom. The summed E-state index contributed by atoms with van der Waals surface area (Å²) in [5.41, 5.74) is 0. The molecule has 2 heterocycles. The third kappa shape index (κ3) is 3.42. The molecule has 1 unspecified atom stereocenters. The summed E-state index contributed by atoms with van der Waals surface area (Å²) >= 11 is 1.29. The zero-order valence-corrected chi connectivity index (χ0v) is 11.4. The van der Waals surface area contributed by atoms with Crippen molar-refractivity contribution in [2.75, 3.05) is 20.3 Å². The van der Waals surface area contributed by atoms with Crippen molar-refractivity contribution in [3.8, 4) is 0 Å². The van der Waals surface area contributed by atoms with Crippen LogP contribution in [-0.4, -0.2) is 48.2 Å².